The molecule has 2 N–H and O–H groups in total. The monoisotopic (exact) mass is 295 g/mol. The molecule has 0 spiro atoms. The molecule has 0 aliphatic carbocycles. The third kappa shape index (κ3) is 3.63. The number of nitrogens with two attached hydrogens (primary N) is 1. The second-order valence-corrected chi connectivity index (χ2v) is 5.20. The zero-order valence-electron chi connectivity index (χ0n) is 10.6. The van der Waals surface area contributed by atoms with Gasteiger partial charge in [0.15, 0.2) is 0 Å². The highest BCUT2D eigenvalue weighted by Crippen LogP contribution is 2.29. The third-order valence-corrected chi connectivity index (χ3v) is 3.45. The second kappa shape index (κ2) is 6.29. The lowest BCUT2D eigenvalue weighted by atomic mass is 9.99. The predicted octanol–water partition coefficient (Wildman–Crippen LogP) is 4.24. The first-order chi connectivity index (χ1) is 9.10. The van der Waals surface area contributed by atoms with E-state index in [9.17, 15) is 0 Å². The van der Waals surface area contributed by atoms with Gasteiger partial charge in [-0.05, 0) is 36.2 Å². The SMILES string of the molecule is COc1cc(Cl)ccc1C(N)Cc1ccc(Cl)cc1. The largest absolute Gasteiger partial charge is 0.496 e. The van der Waals surface area contributed by atoms with E-state index in [0.29, 0.717) is 10.8 Å². The molecule has 2 aromatic carbocycles. The second-order valence-electron chi connectivity index (χ2n) is 4.32. The minimum absolute atomic E-state index is 0.145. The quantitative estimate of drug-likeness (QED) is 0.915. The van der Waals surface area contributed by atoms with Gasteiger partial charge in [-0.15, -0.1) is 0 Å². The van der Waals surface area contributed by atoms with Gasteiger partial charge in [0.05, 0.1) is 7.11 Å². The molecule has 0 aliphatic rings. The van der Waals surface area contributed by atoms with Crippen LogP contribution in [0.4, 0.5) is 0 Å². The molecule has 1 atom stereocenters. The Bertz CT molecular complexity index is 555. The first-order valence-corrected chi connectivity index (χ1v) is 6.69. The fraction of sp³-hybridized carbons (Fsp3) is 0.200. The highest BCUT2D eigenvalue weighted by molar-refractivity contribution is 6.30. The lowest BCUT2D eigenvalue weighted by Gasteiger charge is -2.16. The lowest BCUT2D eigenvalue weighted by molar-refractivity contribution is 0.405. The Balaban J connectivity index is 2.19. The van der Waals surface area contributed by atoms with E-state index in [0.717, 1.165) is 22.6 Å². The van der Waals surface area contributed by atoms with Crippen molar-refractivity contribution in [3.63, 3.8) is 0 Å². The Hall–Kier alpha value is -1.22. The Morgan fingerprint density at radius 2 is 1.68 bits per heavy atom. The molecule has 0 saturated heterocycles. The highest BCUT2D eigenvalue weighted by atomic mass is 35.5. The van der Waals surface area contributed by atoms with Gasteiger partial charge in [0.25, 0.3) is 0 Å². The summed E-state index contributed by atoms with van der Waals surface area (Å²) in [5, 5.41) is 1.36. The van der Waals surface area contributed by atoms with Crippen molar-refractivity contribution in [1.29, 1.82) is 0 Å². The summed E-state index contributed by atoms with van der Waals surface area (Å²) in [6, 6.07) is 13.0. The standard InChI is InChI=1S/C15H15Cl2NO/c1-19-15-9-12(17)6-7-13(15)14(18)8-10-2-4-11(16)5-3-10/h2-7,9,14H,8,18H2,1H3. The molecule has 2 aromatic rings. The molecular formula is C15H15Cl2NO. The smallest absolute Gasteiger partial charge is 0.125 e. The molecule has 0 amide bonds. The summed E-state index contributed by atoms with van der Waals surface area (Å²) >= 11 is 11.8. The maximum atomic E-state index is 6.24. The van der Waals surface area contributed by atoms with Crippen LogP contribution in [0.5, 0.6) is 5.75 Å². The molecule has 19 heavy (non-hydrogen) atoms. The molecule has 0 aliphatic heterocycles. The number of hydrogen-bond acceptors (Lipinski definition) is 2. The molecule has 0 fully saturated rings. The average molecular weight is 296 g/mol. The van der Waals surface area contributed by atoms with Crippen LogP contribution in [0.2, 0.25) is 10.0 Å². The zero-order valence-corrected chi connectivity index (χ0v) is 12.1. The summed E-state index contributed by atoms with van der Waals surface area (Å²) in [5.74, 6) is 0.717. The summed E-state index contributed by atoms with van der Waals surface area (Å²) in [6.07, 6.45) is 0.717. The molecule has 0 heterocycles. The van der Waals surface area contributed by atoms with Gasteiger partial charge < -0.3 is 10.5 Å². The van der Waals surface area contributed by atoms with E-state index in [1.54, 1.807) is 13.2 Å². The van der Waals surface area contributed by atoms with E-state index in [1.807, 2.05) is 36.4 Å². The molecule has 2 nitrogen and oxygen atoms in total. The summed E-state index contributed by atoms with van der Waals surface area (Å²) in [4.78, 5) is 0. The van der Waals surface area contributed by atoms with Gasteiger partial charge in [0, 0.05) is 21.7 Å². The van der Waals surface area contributed by atoms with Gasteiger partial charge in [0.1, 0.15) is 5.75 Å². The number of hydrogen-bond donors (Lipinski definition) is 1. The maximum absolute atomic E-state index is 6.24. The van der Waals surface area contributed by atoms with Crippen LogP contribution in [0.3, 0.4) is 0 Å². The van der Waals surface area contributed by atoms with Gasteiger partial charge in [-0.25, -0.2) is 0 Å². The predicted molar refractivity (Wildman–Crippen MR) is 80.1 cm³/mol. The van der Waals surface area contributed by atoms with Crippen molar-refractivity contribution in [1.82, 2.24) is 0 Å². The van der Waals surface area contributed by atoms with Gasteiger partial charge in [0.2, 0.25) is 0 Å². The van der Waals surface area contributed by atoms with Crippen LogP contribution in [0.15, 0.2) is 42.5 Å². The highest BCUT2D eigenvalue weighted by Gasteiger charge is 2.13. The van der Waals surface area contributed by atoms with Crippen molar-refractivity contribution in [2.24, 2.45) is 5.73 Å². The van der Waals surface area contributed by atoms with E-state index in [1.165, 1.54) is 0 Å². The number of rotatable bonds is 4. The van der Waals surface area contributed by atoms with E-state index < -0.39 is 0 Å². The number of methoxy groups -OCH3 is 1. The van der Waals surface area contributed by atoms with Crippen LogP contribution in [-0.2, 0) is 6.42 Å². The number of halogens is 2. The van der Waals surface area contributed by atoms with Crippen LogP contribution in [-0.4, -0.2) is 7.11 Å². The van der Waals surface area contributed by atoms with Crippen molar-refractivity contribution in [2.45, 2.75) is 12.5 Å². The molecule has 0 saturated carbocycles. The van der Waals surface area contributed by atoms with Crippen molar-refractivity contribution in [3.05, 3.63) is 63.6 Å². The first-order valence-electron chi connectivity index (χ1n) is 5.93. The topological polar surface area (TPSA) is 35.2 Å². The summed E-state index contributed by atoms with van der Waals surface area (Å²) in [7, 11) is 1.62. The fourth-order valence-corrected chi connectivity index (χ4v) is 2.26. The van der Waals surface area contributed by atoms with Crippen molar-refractivity contribution in [3.8, 4) is 5.75 Å². The van der Waals surface area contributed by atoms with Gasteiger partial charge >= 0.3 is 0 Å². The molecule has 0 bridgehead atoms. The summed E-state index contributed by atoms with van der Waals surface area (Å²) < 4.78 is 5.32. The van der Waals surface area contributed by atoms with Gasteiger partial charge in [-0.2, -0.15) is 0 Å². The van der Waals surface area contributed by atoms with E-state index >= 15 is 0 Å². The Labute approximate surface area is 123 Å². The summed E-state index contributed by atoms with van der Waals surface area (Å²) in [5.41, 5.74) is 8.31. The first kappa shape index (κ1) is 14.2. The molecule has 0 aromatic heterocycles. The Kier molecular flexibility index (Phi) is 4.70. The lowest BCUT2D eigenvalue weighted by Crippen LogP contribution is -2.14. The van der Waals surface area contributed by atoms with Crippen LogP contribution < -0.4 is 10.5 Å². The van der Waals surface area contributed by atoms with Crippen LogP contribution in [0.25, 0.3) is 0 Å². The molecular weight excluding hydrogens is 281 g/mol. The average Bonchev–Trinajstić information content (AvgIpc) is 2.41. The van der Waals surface area contributed by atoms with E-state index in [-0.39, 0.29) is 6.04 Å². The van der Waals surface area contributed by atoms with Crippen LogP contribution in [0, 0.1) is 0 Å². The minimum atomic E-state index is -0.145. The minimum Gasteiger partial charge on any atom is -0.496 e. The Morgan fingerprint density at radius 3 is 2.32 bits per heavy atom. The van der Waals surface area contributed by atoms with Crippen molar-refractivity contribution < 1.29 is 4.74 Å². The third-order valence-electron chi connectivity index (χ3n) is 2.96. The Morgan fingerprint density at radius 1 is 1.05 bits per heavy atom. The normalized spacial score (nSPS) is 12.2. The fourth-order valence-electron chi connectivity index (χ4n) is 1.98. The molecule has 0 radical (unpaired) electrons. The van der Waals surface area contributed by atoms with Gasteiger partial charge in [-0.1, -0.05) is 41.4 Å². The number of benzene rings is 2. The molecule has 2 rings (SSSR count). The van der Waals surface area contributed by atoms with Gasteiger partial charge in [-0.3, -0.25) is 0 Å². The van der Waals surface area contributed by atoms with Crippen LogP contribution >= 0.6 is 23.2 Å². The van der Waals surface area contributed by atoms with E-state index in [4.69, 9.17) is 33.7 Å². The molecule has 4 heteroatoms. The van der Waals surface area contributed by atoms with E-state index in [2.05, 4.69) is 0 Å². The zero-order chi connectivity index (χ0) is 13.8. The summed E-state index contributed by atoms with van der Waals surface area (Å²) in [6.45, 7) is 0. The molecule has 100 valence electrons. The number of ether oxygens (including phenoxy) is 1. The maximum Gasteiger partial charge on any atom is 0.125 e. The molecule has 1 unspecified atom stereocenters. The van der Waals surface area contributed by atoms with Crippen molar-refractivity contribution >= 4 is 23.2 Å². The van der Waals surface area contributed by atoms with Crippen LogP contribution in [0.1, 0.15) is 17.2 Å². The van der Waals surface area contributed by atoms with Crippen molar-refractivity contribution in [2.75, 3.05) is 7.11 Å².